The minimum Gasteiger partial charge on any atom is -0.470 e. The molecule has 0 aromatic heterocycles. The van der Waals surface area contributed by atoms with E-state index in [-0.39, 0.29) is 42.1 Å². The number of benzene rings is 1. The predicted molar refractivity (Wildman–Crippen MR) is 107 cm³/mol. The summed E-state index contributed by atoms with van der Waals surface area (Å²) in [7, 11) is 19.8. The number of carbonyl (C=O) groups is 5. The Morgan fingerprint density at radius 1 is 0.742 bits per heavy atom. The zero-order chi connectivity index (χ0) is 23.4. The molecule has 0 fully saturated rings. The maximum absolute atomic E-state index is 11.0. The number of hydrogen-bond acceptors (Lipinski definition) is 10. The molecule has 0 bridgehead atoms. The van der Waals surface area contributed by atoms with Crippen molar-refractivity contribution in [2.24, 2.45) is 0 Å². The smallest absolute Gasteiger partial charge is 0.298 e. The Morgan fingerprint density at radius 3 is 1.52 bits per heavy atom. The van der Waals surface area contributed by atoms with Crippen molar-refractivity contribution >= 4 is 67.4 Å². The van der Waals surface area contributed by atoms with Crippen LogP contribution in [0.15, 0.2) is 17.7 Å². The Labute approximate surface area is 182 Å². The van der Waals surface area contributed by atoms with Crippen LogP contribution in [-0.2, 0) is 37.0 Å². The van der Waals surface area contributed by atoms with E-state index in [4.69, 9.17) is 45.6 Å². The molecule has 0 unspecified atom stereocenters. The quantitative estimate of drug-likeness (QED) is 0.288. The van der Waals surface area contributed by atoms with Crippen LogP contribution in [0.4, 0.5) is 19.2 Å². The van der Waals surface area contributed by atoms with E-state index in [2.05, 4.69) is 9.47 Å². The molecule has 8 radical (unpaired) electrons. The Bertz CT molecular complexity index is 825. The van der Waals surface area contributed by atoms with Crippen molar-refractivity contribution in [2.45, 2.75) is 13.2 Å². The van der Waals surface area contributed by atoms with Gasteiger partial charge in [0.15, 0.2) is 0 Å². The Balaban J connectivity index is 3.43. The molecule has 0 atom stereocenters. The maximum atomic E-state index is 11.0. The fourth-order valence-electron chi connectivity index (χ4n) is 2.26. The van der Waals surface area contributed by atoms with Crippen molar-refractivity contribution < 1.29 is 47.7 Å². The average Bonchev–Trinajstić information content (AvgIpc) is 2.68. The van der Waals surface area contributed by atoms with E-state index in [1.54, 1.807) is 0 Å². The molecule has 0 aliphatic carbocycles. The van der Waals surface area contributed by atoms with Crippen LogP contribution in [0.3, 0.4) is 0 Å². The summed E-state index contributed by atoms with van der Waals surface area (Å²) in [5, 5.41) is 0. The molecule has 1 aromatic rings. The third-order valence-corrected chi connectivity index (χ3v) is 3.34. The number of carbonyl (C=O) groups excluding carboxylic acids is 5. The molecule has 0 spiro atoms. The van der Waals surface area contributed by atoms with Gasteiger partial charge in [-0.3, -0.25) is 24.0 Å². The fourth-order valence-corrected chi connectivity index (χ4v) is 2.26. The van der Waals surface area contributed by atoms with Gasteiger partial charge in [0.05, 0.1) is 0 Å². The van der Waals surface area contributed by atoms with Gasteiger partial charge < -0.3 is 23.7 Å². The highest BCUT2D eigenvalue weighted by Crippen LogP contribution is 2.29. The molecule has 0 N–H and O–H groups in total. The molecule has 0 saturated heterocycles. The Morgan fingerprint density at radius 2 is 1.16 bits per heavy atom. The first-order valence-corrected chi connectivity index (χ1v) is 8.26. The Hall–Kier alpha value is -3.43. The Kier molecular flexibility index (Phi) is 10.7. The predicted octanol–water partition coefficient (Wildman–Crippen LogP) is 0.826. The molecule has 10 nitrogen and oxygen atoms in total. The SMILES string of the molecule is [B]C(=O)OCC(=Cc1cc(COC([B])=O)c(OC=O)c(COC([B])=O)c1)COC([B])=O. The zero-order valence-electron chi connectivity index (χ0n) is 16.0. The molecule has 0 aliphatic rings. The van der Waals surface area contributed by atoms with E-state index in [0.717, 1.165) is 0 Å². The van der Waals surface area contributed by atoms with Crippen molar-refractivity contribution in [3.8, 4) is 5.75 Å². The highest BCUT2D eigenvalue weighted by atomic mass is 16.6. The minimum absolute atomic E-state index is 0.0713. The van der Waals surface area contributed by atoms with Crippen LogP contribution in [-0.4, -0.2) is 74.5 Å². The van der Waals surface area contributed by atoms with Gasteiger partial charge in [-0.1, -0.05) is 0 Å². The summed E-state index contributed by atoms with van der Waals surface area (Å²) in [4.78, 5) is 54.6. The van der Waals surface area contributed by atoms with Gasteiger partial charge in [0.2, 0.25) is 54.9 Å². The van der Waals surface area contributed by atoms with Crippen LogP contribution in [0.2, 0.25) is 0 Å². The molecule has 0 heterocycles. The molecule has 31 heavy (non-hydrogen) atoms. The first kappa shape index (κ1) is 25.6. The first-order valence-electron chi connectivity index (χ1n) is 8.26. The van der Waals surface area contributed by atoms with Gasteiger partial charge in [-0.2, -0.15) is 0 Å². The number of rotatable bonds is 11. The van der Waals surface area contributed by atoms with Crippen molar-refractivity contribution in [2.75, 3.05) is 13.2 Å². The van der Waals surface area contributed by atoms with Gasteiger partial charge in [0, 0.05) is 16.7 Å². The molecule has 152 valence electrons. The third-order valence-electron chi connectivity index (χ3n) is 3.34. The summed E-state index contributed by atoms with van der Waals surface area (Å²) < 4.78 is 23.7. The molecule has 14 heteroatoms. The molecular weight excluding hydrogens is 407 g/mol. The molecule has 1 aromatic carbocycles. The summed E-state index contributed by atoms with van der Waals surface area (Å²) in [6.07, 6.45) is 1.41. The van der Waals surface area contributed by atoms with Gasteiger partial charge >= 0.3 is 0 Å². The molecule has 1 rings (SSSR count). The van der Waals surface area contributed by atoms with E-state index in [1.807, 2.05) is 0 Å². The van der Waals surface area contributed by atoms with Gasteiger partial charge in [0.1, 0.15) is 32.2 Å². The molecule has 0 saturated carbocycles. The first-order chi connectivity index (χ1) is 14.6. The lowest BCUT2D eigenvalue weighted by molar-refractivity contribution is -0.120. The normalized spacial score (nSPS) is 9.68. The standard InChI is InChI=1S/C17H12B4O10/c18-14(23)27-4-10(5-28-15(19)24)1-9-2-11(6-29-16(20)25)13(31-8-22)12(3-9)7-30-17(21)26/h1-3,8H,4-7H2. The van der Waals surface area contributed by atoms with Gasteiger partial charge in [-0.25, -0.2) is 0 Å². The average molecular weight is 420 g/mol. The minimum atomic E-state index is -1.10. The zero-order valence-corrected chi connectivity index (χ0v) is 16.0. The second-order valence-corrected chi connectivity index (χ2v) is 5.62. The van der Waals surface area contributed by atoms with Crippen LogP contribution in [0.5, 0.6) is 5.75 Å². The van der Waals surface area contributed by atoms with Crippen LogP contribution in [0.1, 0.15) is 16.7 Å². The van der Waals surface area contributed by atoms with E-state index in [1.165, 1.54) is 18.2 Å². The number of hydrogen-bond donors (Lipinski definition) is 0. The van der Waals surface area contributed by atoms with E-state index in [9.17, 15) is 24.0 Å². The second-order valence-electron chi connectivity index (χ2n) is 5.62. The summed E-state index contributed by atoms with van der Waals surface area (Å²) in [6, 6.07) is 2.84. The lowest BCUT2D eigenvalue weighted by Crippen LogP contribution is -2.12. The largest absolute Gasteiger partial charge is 0.470 e. The van der Waals surface area contributed by atoms with E-state index in [0.29, 0.717) is 5.56 Å². The molecule has 0 amide bonds. The van der Waals surface area contributed by atoms with E-state index < -0.39 is 36.7 Å². The molecule has 0 aliphatic heterocycles. The van der Waals surface area contributed by atoms with Crippen molar-refractivity contribution in [1.82, 2.24) is 0 Å². The van der Waals surface area contributed by atoms with Crippen LogP contribution in [0.25, 0.3) is 6.08 Å². The van der Waals surface area contributed by atoms with Gasteiger partial charge in [-0.15, -0.1) is 0 Å². The van der Waals surface area contributed by atoms with Crippen LogP contribution in [0, 0.1) is 0 Å². The van der Waals surface area contributed by atoms with Crippen molar-refractivity contribution in [3.05, 3.63) is 34.4 Å². The fraction of sp³-hybridized carbons (Fsp3) is 0.235. The maximum Gasteiger partial charge on any atom is 0.298 e. The lowest BCUT2D eigenvalue weighted by Gasteiger charge is -2.15. The van der Waals surface area contributed by atoms with Gasteiger partial charge in [-0.05, 0) is 23.8 Å². The summed E-state index contributed by atoms with van der Waals surface area (Å²) in [6.45, 7) is -1.41. The van der Waals surface area contributed by atoms with Gasteiger partial charge in [0.25, 0.3) is 6.47 Å². The summed E-state index contributed by atoms with van der Waals surface area (Å²) in [5.74, 6) is -4.42. The second kappa shape index (κ2) is 13.0. The van der Waals surface area contributed by atoms with Crippen LogP contribution < -0.4 is 4.74 Å². The van der Waals surface area contributed by atoms with Crippen molar-refractivity contribution in [3.63, 3.8) is 0 Å². The highest BCUT2D eigenvalue weighted by Gasteiger charge is 2.15. The highest BCUT2D eigenvalue weighted by molar-refractivity contribution is 6.55. The molecular formula is C17H12B4O10. The summed E-state index contributed by atoms with van der Waals surface area (Å²) >= 11 is 0. The monoisotopic (exact) mass is 420 g/mol. The third kappa shape index (κ3) is 10.2. The van der Waals surface area contributed by atoms with E-state index >= 15 is 0 Å². The summed E-state index contributed by atoms with van der Waals surface area (Å²) in [5.41, 5.74) is 0.910. The van der Waals surface area contributed by atoms with Crippen molar-refractivity contribution in [1.29, 1.82) is 0 Å². The number of ether oxygens (including phenoxy) is 5. The van der Waals surface area contributed by atoms with Crippen LogP contribution >= 0.6 is 0 Å². The lowest BCUT2D eigenvalue weighted by atomic mass is 10.0. The topological polar surface area (TPSA) is 132 Å².